The summed E-state index contributed by atoms with van der Waals surface area (Å²) >= 11 is 0. The molecule has 1 unspecified atom stereocenters. The molecule has 3 nitrogen and oxygen atoms in total. The van der Waals surface area contributed by atoms with Crippen molar-refractivity contribution >= 4 is 18.3 Å². The summed E-state index contributed by atoms with van der Waals surface area (Å²) in [5, 5.41) is 6.67. The molecule has 1 aliphatic carbocycles. The van der Waals surface area contributed by atoms with E-state index in [4.69, 9.17) is 0 Å². The summed E-state index contributed by atoms with van der Waals surface area (Å²) in [6.45, 7) is 4.01. The van der Waals surface area contributed by atoms with Crippen molar-refractivity contribution in [3.63, 3.8) is 0 Å². The zero-order valence-electron chi connectivity index (χ0n) is 12.2. The van der Waals surface area contributed by atoms with Crippen molar-refractivity contribution in [3.8, 4) is 0 Å². The van der Waals surface area contributed by atoms with E-state index in [0.29, 0.717) is 6.04 Å². The molecule has 4 heteroatoms. The predicted molar refractivity (Wildman–Crippen MR) is 81.7 cm³/mol. The summed E-state index contributed by atoms with van der Waals surface area (Å²) in [4.78, 5) is 12.4. The lowest BCUT2D eigenvalue weighted by Gasteiger charge is -2.34. The maximum absolute atomic E-state index is 12.4. The number of hydrogen-bond donors (Lipinski definition) is 2. The number of nitrogens with one attached hydrogen (secondary N) is 2. The van der Waals surface area contributed by atoms with Gasteiger partial charge in [0.15, 0.2) is 0 Å². The van der Waals surface area contributed by atoms with Crippen LogP contribution in [0.2, 0.25) is 0 Å². The molecule has 1 saturated heterocycles. The number of rotatable bonds is 2. The quantitative estimate of drug-likeness (QED) is 0.820. The SMILES string of the molecule is CC1(C(=O)NC2CCCCCCC2)CCCNC1.Cl. The highest BCUT2D eigenvalue weighted by Gasteiger charge is 2.35. The first-order valence-electron chi connectivity index (χ1n) is 7.72. The van der Waals surface area contributed by atoms with Crippen molar-refractivity contribution < 1.29 is 4.79 Å². The molecule has 112 valence electrons. The van der Waals surface area contributed by atoms with Gasteiger partial charge in [0.1, 0.15) is 0 Å². The van der Waals surface area contributed by atoms with Gasteiger partial charge in [-0.3, -0.25) is 4.79 Å². The summed E-state index contributed by atoms with van der Waals surface area (Å²) in [5.41, 5.74) is -0.180. The van der Waals surface area contributed by atoms with Crippen molar-refractivity contribution in [2.75, 3.05) is 13.1 Å². The molecule has 0 spiro atoms. The Balaban J connectivity index is 0.00000180. The lowest BCUT2D eigenvalue weighted by atomic mass is 9.81. The second-order valence-corrected chi connectivity index (χ2v) is 6.36. The normalized spacial score (nSPS) is 29.7. The first kappa shape index (κ1) is 16.8. The summed E-state index contributed by atoms with van der Waals surface area (Å²) in [6, 6.07) is 0.427. The number of halogens is 1. The highest BCUT2D eigenvalue weighted by atomic mass is 35.5. The average molecular weight is 289 g/mol. The molecule has 1 saturated carbocycles. The number of carbonyl (C=O) groups is 1. The van der Waals surface area contributed by atoms with Crippen LogP contribution in [-0.2, 0) is 4.79 Å². The Hall–Kier alpha value is -0.280. The van der Waals surface area contributed by atoms with Crippen LogP contribution in [0.25, 0.3) is 0 Å². The molecule has 0 aromatic rings. The molecule has 1 atom stereocenters. The van der Waals surface area contributed by atoms with Gasteiger partial charge in [-0.15, -0.1) is 12.4 Å². The second-order valence-electron chi connectivity index (χ2n) is 6.36. The third-order valence-electron chi connectivity index (χ3n) is 4.59. The minimum absolute atomic E-state index is 0. The molecule has 2 fully saturated rings. The van der Waals surface area contributed by atoms with Crippen LogP contribution in [0.3, 0.4) is 0 Å². The Bertz CT molecular complexity index is 269. The van der Waals surface area contributed by atoms with Crippen LogP contribution in [-0.4, -0.2) is 25.0 Å². The van der Waals surface area contributed by atoms with Gasteiger partial charge in [-0.1, -0.05) is 32.1 Å². The highest BCUT2D eigenvalue weighted by molar-refractivity contribution is 5.85. The van der Waals surface area contributed by atoms with E-state index in [0.717, 1.165) is 25.9 Å². The Labute approximate surface area is 123 Å². The fourth-order valence-electron chi connectivity index (χ4n) is 3.21. The van der Waals surface area contributed by atoms with E-state index in [1.807, 2.05) is 0 Å². The minimum atomic E-state index is -0.180. The van der Waals surface area contributed by atoms with Gasteiger partial charge in [-0.05, 0) is 39.2 Å². The van der Waals surface area contributed by atoms with Crippen LogP contribution in [0.4, 0.5) is 0 Å². The smallest absolute Gasteiger partial charge is 0.227 e. The fourth-order valence-corrected chi connectivity index (χ4v) is 3.21. The number of carbonyl (C=O) groups excluding carboxylic acids is 1. The predicted octanol–water partition coefficient (Wildman–Crippen LogP) is 3.03. The van der Waals surface area contributed by atoms with Crippen molar-refractivity contribution in [2.45, 2.75) is 70.8 Å². The molecular formula is C15H29ClN2O. The monoisotopic (exact) mass is 288 g/mol. The average Bonchev–Trinajstić information content (AvgIpc) is 2.33. The van der Waals surface area contributed by atoms with Crippen molar-refractivity contribution in [1.29, 1.82) is 0 Å². The Morgan fingerprint density at radius 2 is 1.74 bits per heavy atom. The second kappa shape index (κ2) is 8.11. The molecule has 2 aliphatic rings. The molecule has 0 aromatic carbocycles. The van der Waals surface area contributed by atoms with E-state index in [2.05, 4.69) is 17.6 Å². The van der Waals surface area contributed by atoms with Crippen LogP contribution in [0.5, 0.6) is 0 Å². The zero-order valence-corrected chi connectivity index (χ0v) is 13.0. The minimum Gasteiger partial charge on any atom is -0.353 e. The summed E-state index contributed by atoms with van der Waals surface area (Å²) in [7, 11) is 0. The number of hydrogen-bond acceptors (Lipinski definition) is 2. The molecule has 1 amide bonds. The van der Waals surface area contributed by atoms with Gasteiger partial charge in [0.05, 0.1) is 5.41 Å². The molecular weight excluding hydrogens is 260 g/mol. The molecule has 2 rings (SSSR count). The molecule has 0 radical (unpaired) electrons. The van der Waals surface area contributed by atoms with Gasteiger partial charge in [0.25, 0.3) is 0 Å². The standard InChI is InChI=1S/C15H28N2O.ClH/c1-15(10-7-11-16-12-15)14(18)17-13-8-5-3-2-4-6-9-13;/h13,16H,2-12H2,1H3,(H,17,18);1H. The molecule has 1 aliphatic heterocycles. The first-order chi connectivity index (χ1) is 8.71. The molecule has 0 bridgehead atoms. The maximum atomic E-state index is 12.4. The Morgan fingerprint density at radius 1 is 1.11 bits per heavy atom. The molecule has 0 aromatic heterocycles. The Morgan fingerprint density at radius 3 is 2.32 bits per heavy atom. The first-order valence-corrected chi connectivity index (χ1v) is 7.72. The van der Waals surface area contributed by atoms with Gasteiger partial charge in [-0.25, -0.2) is 0 Å². The summed E-state index contributed by atoms with van der Waals surface area (Å²) in [5.74, 6) is 0.278. The van der Waals surface area contributed by atoms with E-state index in [1.165, 1.54) is 44.9 Å². The van der Waals surface area contributed by atoms with Crippen LogP contribution in [0.1, 0.15) is 64.7 Å². The molecule has 1 heterocycles. The van der Waals surface area contributed by atoms with Gasteiger partial charge in [0, 0.05) is 12.6 Å². The molecule has 19 heavy (non-hydrogen) atoms. The number of piperidine rings is 1. The van der Waals surface area contributed by atoms with Gasteiger partial charge >= 0.3 is 0 Å². The largest absolute Gasteiger partial charge is 0.353 e. The van der Waals surface area contributed by atoms with Crippen molar-refractivity contribution in [1.82, 2.24) is 10.6 Å². The van der Waals surface area contributed by atoms with Gasteiger partial charge in [-0.2, -0.15) is 0 Å². The van der Waals surface area contributed by atoms with Crippen LogP contribution < -0.4 is 10.6 Å². The van der Waals surface area contributed by atoms with E-state index < -0.39 is 0 Å². The van der Waals surface area contributed by atoms with Crippen LogP contribution >= 0.6 is 12.4 Å². The van der Waals surface area contributed by atoms with Crippen molar-refractivity contribution in [3.05, 3.63) is 0 Å². The highest BCUT2D eigenvalue weighted by Crippen LogP contribution is 2.26. The topological polar surface area (TPSA) is 41.1 Å². The van der Waals surface area contributed by atoms with E-state index in [1.54, 1.807) is 0 Å². The lowest BCUT2D eigenvalue weighted by Crippen LogP contribution is -2.51. The van der Waals surface area contributed by atoms with Crippen molar-refractivity contribution in [2.24, 2.45) is 5.41 Å². The number of amides is 1. The van der Waals surface area contributed by atoms with Crippen LogP contribution in [0.15, 0.2) is 0 Å². The van der Waals surface area contributed by atoms with E-state index in [9.17, 15) is 4.79 Å². The van der Waals surface area contributed by atoms with E-state index in [-0.39, 0.29) is 23.7 Å². The molecule has 2 N–H and O–H groups in total. The van der Waals surface area contributed by atoms with Gasteiger partial charge < -0.3 is 10.6 Å². The fraction of sp³-hybridized carbons (Fsp3) is 0.933. The van der Waals surface area contributed by atoms with E-state index >= 15 is 0 Å². The third-order valence-corrected chi connectivity index (χ3v) is 4.59. The van der Waals surface area contributed by atoms with Crippen LogP contribution in [0, 0.1) is 5.41 Å². The Kier molecular flexibility index (Phi) is 7.16. The zero-order chi connectivity index (χ0) is 12.8. The lowest BCUT2D eigenvalue weighted by molar-refractivity contribution is -0.132. The summed E-state index contributed by atoms with van der Waals surface area (Å²) in [6.07, 6.45) is 11.1. The third kappa shape index (κ3) is 4.96. The van der Waals surface area contributed by atoms with Gasteiger partial charge in [0.2, 0.25) is 5.91 Å². The summed E-state index contributed by atoms with van der Waals surface area (Å²) < 4.78 is 0. The maximum Gasteiger partial charge on any atom is 0.227 e.